The zero-order valence-electron chi connectivity index (χ0n) is 18.1. The third-order valence-electron chi connectivity index (χ3n) is 8.50. The van der Waals surface area contributed by atoms with Gasteiger partial charge in [0.15, 0.2) is 0 Å². The highest BCUT2D eigenvalue weighted by atomic mass is 16.1. The van der Waals surface area contributed by atoms with Gasteiger partial charge in [-0.15, -0.1) is 0 Å². The molecule has 3 atom stereocenters. The summed E-state index contributed by atoms with van der Waals surface area (Å²) in [6.07, 6.45) is 1.61. The molecule has 6 heteroatoms. The first-order chi connectivity index (χ1) is 16.2. The first-order valence-corrected chi connectivity index (χ1v) is 11.6. The number of nitriles is 1. The molecule has 1 saturated carbocycles. The van der Waals surface area contributed by atoms with Crippen molar-refractivity contribution in [2.45, 2.75) is 37.0 Å². The maximum Gasteiger partial charge on any atom is 0.252 e. The van der Waals surface area contributed by atoms with Crippen LogP contribution in [0, 0.1) is 11.3 Å². The Hall–Kier alpha value is -3.82. The van der Waals surface area contributed by atoms with E-state index in [9.17, 15) is 10.1 Å². The van der Waals surface area contributed by atoms with E-state index in [2.05, 4.69) is 74.4 Å². The van der Waals surface area contributed by atoms with Crippen LogP contribution in [0.3, 0.4) is 0 Å². The molecule has 0 saturated heterocycles. The van der Waals surface area contributed by atoms with Crippen molar-refractivity contribution in [3.8, 4) is 6.07 Å². The molecule has 2 aromatic heterocycles. The second kappa shape index (κ2) is 5.56. The molecule has 33 heavy (non-hydrogen) atoms. The smallest absolute Gasteiger partial charge is 0.252 e. The Bertz CT molecular complexity index is 1770. The number of likely N-dealkylation sites (N-methyl/N-ethyl adjacent to an activating group) is 1. The quantitative estimate of drug-likeness (QED) is 0.410. The summed E-state index contributed by atoms with van der Waals surface area (Å²) in [5.74, 6) is 0.0163. The fraction of sp³-hybridized carbons (Fsp3) is 0.259. The van der Waals surface area contributed by atoms with Gasteiger partial charge in [-0.2, -0.15) is 5.26 Å². The van der Waals surface area contributed by atoms with E-state index in [1.54, 1.807) is 0 Å². The van der Waals surface area contributed by atoms with E-state index in [1.807, 2.05) is 7.05 Å². The highest BCUT2D eigenvalue weighted by Crippen LogP contribution is 2.56. The lowest BCUT2D eigenvalue weighted by Gasteiger charge is -2.31. The Morgan fingerprint density at radius 1 is 1.03 bits per heavy atom. The van der Waals surface area contributed by atoms with Gasteiger partial charge in [-0.25, -0.2) is 0 Å². The van der Waals surface area contributed by atoms with Crippen LogP contribution in [0.5, 0.6) is 0 Å². The van der Waals surface area contributed by atoms with Gasteiger partial charge < -0.3 is 19.8 Å². The Morgan fingerprint density at radius 3 is 2.42 bits per heavy atom. The van der Waals surface area contributed by atoms with Crippen LogP contribution in [0.25, 0.3) is 43.6 Å². The van der Waals surface area contributed by atoms with E-state index in [4.69, 9.17) is 0 Å². The average Bonchev–Trinajstić information content (AvgIpc) is 3.55. The minimum Gasteiger partial charge on any atom is -0.348 e. The lowest BCUT2D eigenvalue weighted by Crippen LogP contribution is -2.46. The van der Waals surface area contributed by atoms with Gasteiger partial charge in [-0.1, -0.05) is 36.4 Å². The molecule has 5 aromatic rings. The van der Waals surface area contributed by atoms with Crippen LogP contribution in [0.2, 0.25) is 0 Å². The number of para-hydroxylation sites is 2. The number of benzene rings is 3. The first-order valence-electron chi connectivity index (χ1n) is 11.6. The molecule has 6 nitrogen and oxygen atoms in total. The Labute approximate surface area is 189 Å². The molecule has 0 radical (unpaired) electrons. The fourth-order valence-corrected chi connectivity index (χ4v) is 7.23. The molecule has 2 N–H and O–H groups in total. The summed E-state index contributed by atoms with van der Waals surface area (Å²) in [6, 6.07) is 19.8. The highest BCUT2D eigenvalue weighted by molar-refractivity contribution is 6.31. The molecule has 2 bridgehead atoms. The molecule has 4 heterocycles. The van der Waals surface area contributed by atoms with Crippen molar-refractivity contribution < 1.29 is 4.79 Å². The standard InChI is InChI=1S/C27H21N5O/c1-29-27(13-28)11-14-10-20(27)32-19-9-5-2-6-15(19)21-17-12-30-26(33)23(17)22-16-7-3-4-8-18(16)31(14)25(22)24(21)32/h2-9,14,20,29H,10-12H2,1H3,(H,30,33). The summed E-state index contributed by atoms with van der Waals surface area (Å²) in [6.45, 7) is 0.539. The number of nitrogens with zero attached hydrogens (tertiary/aromatic N) is 3. The number of carbonyl (C=O) groups excluding carboxylic acids is 1. The van der Waals surface area contributed by atoms with Crippen molar-refractivity contribution >= 4 is 49.5 Å². The number of amides is 1. The van der Waals surface area contributed by atoms with Gasteiger partial charge in [-0.05, 0) is 31.2 Å². The topological polar surface area (TPSA) is 74.8 Å². The van der Waals surface area contributed by atoms with E-state index in [-0.39, 0.29) is 18.0 Å². The van der Waals surface area contributed by atoms with Crippen molar-refractivity contribution in [1.29, 1.82) is 5.26 Å². The second-order valence-electron chi connectivity index (χ2n) is 9.70. The number of fused-ring (bicyclic) bond motifs is 13. The van der Waals surface area contributed by atoms with Gasteiger partial charge in [0.1, 0.15) is 5.54 Å². The number of rotatable bonds is 1. The van der Waals surface area contributed by atoms with Crippen molar-refractivity contribution in [3.05, 3.63) is 59.7 Å². The van der Waals surface area contributed by atoms with E-state index in [0.29, 0.717) is 6.54 Å². The molecule has 1 amide bonds. The Morgan fingerprint density at radius 2 is 1.70 bits per heavy atom. The van der Waals surface area contributed by atoms with Gasteiger partial charge in [-0.3, -0.25) is 4.79 Å². The number of hydrogen-bond donors (Lipinski definition) is 2. The molecule has 3 unspecified atom stereocenters. The van der Waals surface area contributed by atoms with Crippen LogP contribution in [-0.2, 0) is 6.54 Å². The molecule has 8 rings (SSSR count). The SMILES string of the molecule is CNC1(C#N)CC2CC1n1c3ccccc3c3c4c(c5c6ccccc6n2c5c31)C(=O)NC4. The fourth-order valence-electron chi connectivity index (χ4n) is 7.23. The Balaban J connectivity index is 1.75. The number of aromatic nitrogens is 2. The van der Waals surface area contributed by atoms with Crippen LogP contribution < -0.4 is 10.6 Å². The monoisotopic (exact) mass is 431 g/mol. The van der Waals surface area contributed by atoms with E-state index >= 15 is 0 Å². The van der Waals surface area contributed by atoms with Gasteiger partial charge in [0.2, 0.25) is 0 Å². The molecule has 3 aliphatic rings. The minimum absolute atomic E-state index is 0.00451. The van der Waals surface area contributed by atoms with Crippen molar-refractivity contribution in [3.63, 3.8) is 0 Å². The highest BCUT2D eigenvalue weighted by Gasteiger charge is 2.52. The van der Waals surface area contributed by atoms with Crippen LogP contribution in [0.15, 0.2) is 48.5 Å². The van der Waals surface area contributed by atoms with Gasteiger partial charge >= 0.3 is 0 Å². The predicted molar refractivity (Wildman–Crippen MR) is 128 cm³/mol. The van der Waals surface area contributed by atoms with Crippen LogP contribution in [0.1, 0.15) is 40.8 Å². The van der Waals surface area contributed by atoms with Crippen molar-refractivity contribution in [1.82, 2.24) is 19.8 Å². The lowest BCUT2D eigenvalue weighted by molar-refractivity contribution is 0.0967. The predicted octanol–water partition coefficient (Wildman–Crippen LogP) is 4.52. The zero-order chi connectivity index (χ0) is 22.1. The molecular weight excluding hydrogens is 410 g/mol. The van der Waals surface area contributed by atoms with E-state index in [0.717, 1.165) is 62.1 Å². The maximum atomic E-state index is 13.2. The Kier molecular flexibility index (Phi) is 2.98. The normalized spacial score (nSPS) is 25.3. The number of hydrogen-bond acceptors (Lipinski definition) is 3. The third-order valence-corrected chi connectivity index (χ3v) is 8.50. The largest absolute Gasteiger partial charge is 0.348 e. The molecule has 1 fully saturated rings. The van der Waals surface area contributed by atoms with Crippen LogP contribution in [-0.4, -0.2) is 27.6 Å². The van der Waals surface area contributed by atoms with Gasteiger partial charge in [0, 0.05) is 51.6 Å². The zero-order valence-corrected chi connectivity index (χ0v) is 18.1. The second-order valence-corrected chi connectivity index (χ2v) is 9.70. The number of carbonyl (C=O) groups is 1. The molecule has 1 aliphatic carbocycles. The summed E-state index contributed by atoms with van der Waals surface area (Å²) >= 11 is 0. The lowest BCUT2D eigenvalue weighted by atomic mass is 9.93. The van der Waals surface area contributed by atoms with Crippen molar-refractivity contribution in [2.24, 2.45) is 0 Å². The van der Waals surface area contributed by atoms with E-state index in [1.165, 1.54) is 5.52 Å². The maximum absolute atomic E-state index is 13.2. The summed E-state index contributed by atoms with van der Waals surface area (Å²) < 4.78 is 4.88. The minimum atomic E-state index is -0.651. The summed E-state index contributed by atoms with van der Waals surface area (Å²) in [4.78, 5) is 13.2. The van der Waals surface area contributed by atoms with Crippen molar-refractivity contribution in [2.75, 3.05) is 7.05 Å². The first kappa shape index (κ1) is 17.7. The van der Waals surface area contributed by atoms with Crippen LogP contribution in [0.4, 0.5) is 0 Å². The third kappa shape index (κ3) is 1.78. The summed E-state index contributed by atoms with van der Waals surface area (Å²) in [5.41, 5.74) is 5.86. The average molecular weight is 431 g/mol. The number of nitrogens with one attached hydrogen (secondary N) is 2. The molecule has 160 valence electrons. The summed E-state index contributed by atoms with van der Waals surface area (Å²) in [5, 5.41) is 21.5. The van der Waals surface area contributed by atoms with Gasteiger partial charge in [0.25, 0.3) is 5.91 Å². The molecule has 3 aromatic carbocycles. The molecule has 0 spiro atoms. The van der Waals surface area contributed by atoms with E-state index < -0.39 is 5.54 Å². The molecular formula is C27H21N5O. The van der Waals surface area contributed by atoms with Gasteiger partial charge in [0.05, 0.1) is 28.7 Å². The van der Waals surface area contributed by atoms with Crippen LogP contribution >= 0.6 is 0 Å². The summed E-state index contributed by atoms with van der Waals surface area (Å²) in [7, 11) is 1.92. The molecule has 2 aliphatic heterocycles.